The summed E-state index contributed by atoms with van der Waals surface area (Å²) in [7, 11) is 0. The minimum absolute atomic E-state index is 0.100. The van der Waals surface area contributed by atoms with Gasteiger partial charge in [0.1, 0.15) is 5.69 Å². The average molecular weight is 420 g/mol. The molecule has 31 heavy (non-hydrogen) atoms. The van der Waals surface area contributed by atoms with Crippen molar-refractivity contribution in [3.8, 4) is 0 Å². The van der Waals surface area contributed by atoms with Crippen molar-refractivity contribution in [3.05, 3.63) is 70.2 Å². The number of pyridine rings is 1. The van der Waals surface area contributed by atoms with Gasteiger partial charge in [-0.25, -0.2) is 4.63 Å². The molecule has 1 aliphatic heterocycles. The van der Waals surface area contributed by atoms with Crippen LogP contribution in [0.15, 0.2) is 41.0 Å². The Labute approximate surface area is 182 Å². The van der Waals surface area contributed by atoms with E-state index in [1.165, 1.54) is 16.7 Å². The van der Waals surface area contributed by atoms with Crippen molar-refractivity contribution in [2.45, 2.75) is 46.0 Å². The molecular weight excluding hydrogens is 390 g/mol. The second kappa shape index (κ2) is 9.39. The molecular formula is C24H29N5O2. The molecule has 0 aliphatic carbocycles. The lowest BCUT2D eigenvalue weighted by atomic mass is 9.92. The van der Waals surface area contributed by atoms with Crippen LogP contribution in [0.4, 0.5) is 5.82 Å². The maximum Gasteiger partial charge on any atom is 0.239 e. The quantitative estimate of drug-likeness (QED) is 0.654. The number of likely N-dealkylation sites (tertiary alicyclic amines) is 1. The number of nitrogens with zero attached hydrogens (tertiary/aromatic N) is 4. The molecule has 3 heterocycles. The predicted octanol–water partition coefficient (Wildman–Crippen LogP) is 3.80. The molecule has 1 saturated heterocycles. The second-order valence-electron chi connectivity index (χ2n) is 8.53. The standard InChI is InChI=1S/C24H29N5O2/c1-16-6-4-7-19(10-16)12-20-11-17(2)25-22(13-20)21-8-5-9-29(14-21)15-23(30)26-24-18(3)27-31-28-24/h4,6-7,10-11,13,21H,5,8-9,12,14-15H2,1-3H3,(H,26,28,30)/t21-/m0/s1. The molecule has 0 saturated carbocycles. The lowest BCUT2D eigenvalue weighted by Gasteiger charge is -2.32. The third-order valence-corrected chi connectivity index (χ3v) is 5.73. The van der Waals surface area contributed by atoms with Crippen LogP contribution in [0.5, 0.6) is 0 Å². The normalized spacial score (nSPS) is 16.9. The summed E-state index contributed by atoms with van der Waals surface area (Å²) in [5.74, 6) is 0.615. The van der Waals surface area contributed by atoms with Gasteiger partial charge < -0.3 is 5.32 Å². The number of aryl methyl sites for hydroxylation is 3. The summed E-state index contributed by atoms with van der Waals surface area (Å²) in [6.07, 6.45) is 3.04. The van der Waals surface area contributed by atoms with Gasteiger partial charge in [-0.05, 0) is 75.0 Å². The van der Waals surface area contributed by atoms with E-state index in [0.717, 1.165) is 43.7 Å². The summed E-state index contributed by atoms with van der Waals surface area (Å²) in [6, 6.07) is 13.1. The van der Waals surface area contributed by atoms with Crippen LogP contribution in [-0.2, 0) is 11.2 Å². The summed E-state index contributed by atoms with van der Waals surface area (Å²) >= 11 is 0. The minimum Gasteiger partial charge on any atom is -0.305 e. The smallest absolute Gasteiger partial charge is 0.239 e. The lowest BCUT2D eigenvalue weighted by molar-refractivity contribution is -0.117. The molecule has 7 nitrogen and oxygen atoms in total. The average Bonchev–Trinajstić information content (AvgIpc) is 3.12. The summed E-state index contributed by atoms with van der Waals surface area (Å²) in [4.78, 5) is 19.5. The summed E-state index contributed by atoms with van der Waals surface area (Å²) in [5.41, 5.74) is 6.64. The van der Waals surface area contributed by atoms with E-state index >= 15 is 0 Å². The highest BCUT2D eigenvalue weighted by atomic mass is 16.6. The molecule has 162 valence electrons. The number of carbonyl (C=O) groups is 1. The van der Waals surface area contributed by atoms with Gasteiger partial charge in [-0.1, -0.05) is 35.0 Å². The summed E-state index contributed by atoms with van der Waals surface area (Å²) in [6.45, 7) is 7.99. The summed E-state index contributed by atoms with van der Waals surface area (Å²) in [5, 5.41) is 10.2. The van der Waals surface area contributed by atoms with Gasteiger partial charge >= 0.3 is 0 Å². The van der Waals surface area contributed by atoms with Crippen molar-refractivity contribution in [1.29, 1.82) is 0 Å². The largest absolute Gasteiger partial charge is 0.305 e. The van der Waals surface area contributed by atoms with Crippen molar-refractivity contribution in [3.63, 3.8) is 0 Å². The molecule has 1 atom stereocenters. The molecule has 3 aromatic rings. The Morgan fingerprint density at radius 1 is 1.16 bits per heavy atom. The van der Waals surface area contributed by atoms with Gasteiger partial charge in [0.05, 0.1) is 6.54 Å². The Morgan fingerprint density at radius 2 is 2.03 bits per heavy atom. The molecule has 2 aromatic heterocycles. The molecule has 7 heteroatoms. The van der Waals surface area contributed by atoms with Crippen LogP contribution < -0.4 is 5.32 Å². The van der Waals surface area contributed by atoms with Gasteiger partial charge in [-0.3, -0.25) is 14.7 Å². The fourth-order valence-corrected chi connectivity index (χ4v) is 4.30. The Hall–Kier alpha value is -3.06. The number of amides is 1. The maximum atomic E-state index is 12.4. The molecule has 0 bridgehead atoms. The molecule has 1 aromatic carbocycles. The highest BCUT2D eigenvalue weighted by Gasteiger charge is 2.25. The first-order valence-corrected chi connectivity index (χ1v) is 10.8. The zero-order valence-corrected chi connectivity index (χ0v) is 18.4. The third kappa shape index (κ3) is 5.55. The van der Waals surface area contributed by atoms with Crippen LogP contribution in [0.1, 0.15) is 52.5 Å². The number of nitrogens with one attached hydrogen (secondary N) is 1. The van der Waals surface area contributed by atoms with Crippen molar-refractivity contribution in [2.75, 3.05) is 25.0 Å². The molecule has 0 spiro atoms. The first-order chi connectivity index (χ1) is 15.0. The molecule has 1 fully saturated rings. The van der Waals surface area contributed by atoms with E-state index in [-0.39, 0.29) is 5.91 Å². The maximum absolute atomic E-state index is 12.4. The first-order valence-electron chi connectivity index (χ1n) is 10.8. The minimum atomic E-state index is -0.100. The van der Waals surface area contributed by atoms with Crippen molar-refractivity contribution in [2.24, 2.45) is 0 Å². The van der Waals surface area contributed by atoms with Crippen molar-refractivity contribution >= 4 is 11.7 Å². The van der Waals surface area contributed by atoms with Gasteiger partial charge in [-0.15, -0.1) is 0 Å². The van der Waals surface area contributed by atoms with Crippen LogP contribution in [0, 0.1) is 20.8 Å². The van der Waals surface area contributed by atoms with Crippen molar-refractivity contribution < 1.29 is 9.42 Å². The van der Waals surface area contributed by atoms with E-state index in [1.54, 1.807) is 6.92 Å². The van der Waals surface area contributed by atoms with Gasteiger partial charge in [-0.2, -0.15) is 0 Å². The molecule has 4 rings (SSSR count). The highest BCUT2D eigenvalue weighted by Crippen LogP contribution is 2.27. The lowest BCUT2D eigenvalue weighted by Crippen LogP contribution is -2.40. The van der Waals surface area contributed by atoms with Crippen LogP contribution >= 0.6 is 0 Å². The second-order valence-corrected chi connectivity index (χ2v) is 8.53. The topological polar surface area (TPSA) is 84.2 Å². The SMILES string of the molecule is Cc1cccc(Cc2cc(C)nc([C@H]3CCCN(CC(=O)Nc4nonc4C)C3)c2)c1. The van der Waals surface area contributed by atoms with Crippen LogP contribution in [-0.4, -0.2) is 45.7 Å². The highest BCUT2D eigenvalue weighted by molar-refractivity contribution is 5.91. The zero-order valence-electron chi connectivity index (χ0n) is 18.4. The first kappa shape index (κ1) is 21.2. The third-order valence-electron chi connectivity index (χ3n) is 5.73. The van der Waals surface area contributed by atoms with Crippen LogP contribution in [0.25, 0.3) is 0 Å². The van der Waals surface area contributed by atoms with Gasteiger partial charge in [0, 0.05) is 23.9 Å². The fourth-order valence-electron chi connectivity index (χ4n) is 4.30. The van der Waals surface area contributed by atoms with E-state index in [1.807, 2.05) is 0 Å². The monoisotopic (exact) mass is 419 g/mol. The van der Waals surface area contributed by atoms with E-state index in [0.29, 0.717) is 24.0 Å². The molecule has 1 aliphatic rings. The van der Waals surface area contributed by atoms with E-state index in [4.69, 9.17) is 4.98 Å². The van der Waals surface area contributed by atoms with E-state index in [2.05, 4.69) is 75.4 Å². The molecule has 0 unspecified atom stereocenters. The number of benzene rings is 1. The number of anilines is 1. The molecule has 1 amide bonds. The zero-order chi connectivity index (χ0) is 21.8. The Balaban J connectivity index is 1.42. The summed E-state index contributed by atoms with van der Waals surface area (Å²) < 4.78 is 4.65. The Morgan fingerprint density at radius 3 is 2.81 bits per heavy atom. The molecule has 0 radical (unpaired) electrons. The van der Waals surface area contributed by atoms with Crippen molar-refractivity contribution in [1.82, 2.24) is 20.2 Å². The number of carbonyl (C=O) groups excluding carboxylic acids is 1. The molecule has 1 N–H and O–H groups in total. The van der Waals surface area contributed by atoms with Gasteiger partial charge in [0.2, 0.25) is 5.91 Å². The number of aromatic nitrogens is 3. The fraction of sp³-hybridized carbons (Fsp3) is 0.417. The van der Waals surface area contributed by atoms with E-state index in [9.17, 15) is 4.79 Å². The number of hydrogen-bond acceptors (Lipinski definition) is 6. The van der Waals surface area contributed by atoms with Gasteiger partial charge in [0.25, 0.3) is 0 Å². The predicted molar refractivity (Wildman–Crippen MR) is 119 cm³/mol. The van der Waals surface area contributed by atoms with Crippen LogP contribution in [0.3, 0.4) is 0 Å². The number of rotatable bonds is 6. The van der Waals surface area contributed by atoms with Gasteiger partial charge in [0.15, 0.2) is 5.82 Å². The Bertz CT molecular complexity index is 1060. The number of hydrogen-bond donors (Lipinski definition) is 1. The van der Waals surface area contributed by atoms with E-state index < -0.39 is 0 Å². The van der Waals surface area contributed by atoms with Crippen LogP contribution in [0.2, 0.25) is 0 Å². The number of piperidine rings is 1. The Kier molecular flexibility index (Phi) is 6.42.